The Morgan fingerprint density at radius 2 is 2.10 bits per heavy atom. The summed E-state index contributed by atoms with van der Waals surface area (Å²) in [6.45, 7) is 5.41. The SMILES string of the molecule is CCCNC(Cc1cccs1)Cc1cc(C)ccc1OC. The highest BCUT2D eigenvalue weighted by molar-refractivity contribution is 7.09. The number of methoxy groups -OCH3 is 1. The van der Waals surface area contributed by atoms with Gasteiger partial charge in [0, 0.05) is 10.9 Å². The van der Waals surface area contributed by atoms with Gasteiger partial charge in [0.25, 0.3) is 0 Å². The minimum atomic E-state index is 0.458. The molecule has 1 unspecified atom stereocenters. The Kier molecular flexibility index (Phi) is 6.27. The van der Waals surface area contributed by atoms with Gasteiger partial charge in [-0.05, 0) is 55.8 Å². The highest BCUT2D eigenvalue weighted by atomic mass is 32.1. The summed E-state index contributed by atoms with van der Waals surface area (Å²) < 4.78 is 5.52. The zero-order valence-electron chi connectivity index (χ0n) is 13.2. The van der Waals surface area contributed by atoms with Crippen LogP contribution in [0, 0.1) is 6.92 Å². The Bertz CT molecular complexity index is 536. The van der Waals surface area contributed by atoms with E-state index in [4.69, 9.17) is 4.74 Å². The number of hydrogen-bond donors (Lipinski definition) is 1. The number of aryl methyl sites for hydroxylation is 1. The Balaban J connectivity index is 2.11. The van der Waals surface area contributed by atoms with Crippen LogP contribution in [0.1, 0.15) is 29.3 Å². The summed E-state index contributed by atoms with van der Waals surface area (Å²) in [5.41, 5.74) is 2.58. The third kappa shape index (κ3) is 4.87. The molecule has 0 spiro atoms. The molecule has 0 aliphatic rings. The van der Waals surface area contributed by atoms with Crippen molar-refractivity contribution in [3.63, 3.8) is 0 Å². The third-order valence-electron chi connectivity index (χ3n) is 3.61. The van der Waals surface area contributed by atoms with Crippen LogP contribution in [0.5, 0.6) is 5.75 Å². The van der Waals surface area contributed by atoms with E-state index >= 15 is 0 Å². The molecule has 1 N–H and O–H groups in total. The highest BCUT2D eigenvalue weighted by Crippen LogP contribution is 2.23. The molecule has 1 atom stereocenters. The molecule has 0 saturated carbocycles. The Labute approximate surface area is 132 Å². The van der Waals surface area contributed by atoms with Crippen molar-refractivity contribution in [2.45, 2.75) is 39.2 Å². The maximum Gasteiger partial charge on any atom is 0.122 e. The minimum absolute atomic E-state index is 0.458. The first kappa shape index (κ1) is 16.1. The van der Waals surface area contributed by atoms with Gasteiger partial charge in [-0.2, -0.15) is 0 Å². The predicted octanol–water partition coefficient (Wildman–Crippen LogP) is 4.22. The molecule has 1 heterocycles. The molecular formula is C18H25NOS. The number of benzene rings is 1. The molecule has 0 radical (unpaired) electrons. The first-order valence-corrected chi connectivity index (χ1v) is 8.50. The summed E-state index contributed by atoms with van der Waals surface area (Å²) in [4.78, 5) is 1.44. The number of ether oxygens (including phenoxy) is 1. The van der Waals surface area contributed by atoms with E-state index in [-0.39, 0.29) is 0 Å². The van der Waals surface area contributed by atoms with Gasteiger partial charge in [0.05, 0.1) is 7.11 Å². The fourth-order valence-corrected chi connectivity index (χ4v) is 3.36. The van der Waals surface area contributed by atoms with E-state index in [0.717, 1.165) is 31.6 Å². The van der Waals surface area contributed by atoms with E-state index in [2.05, 4.69) is 54.9 Å². The molecule has 114 valence electrons. The first-order chi connectivity index (χ1) is 10.2. The van der Waals surface area contributed by atoms with E-state index < -0.39 is 0 Å². The van der Waals surface area contributed by atoms with E-state index in [1.807, 2.05) is 11.3 Å². The molecular weight excluding hydrogens is 278 g/mol. The van der Waals surface area contributed by atoms with Crippen molar-refractivity contribution in [3.8, 4) is 5.75 Å². The van der Waals surface area contributed by atoms with Gasteiger partial charge in [0.1, 0.15) is 5.75 Å². The van der Waals surface area contributed by atoms with E-state index in [1.165, 1.54) is 16.0 Å². The molecule has 0 bridgehead atoms. The van der Waals surface area contributed by atoms with Crippen LogP contribution in [-0.2, 0) is 12.8 Å². The van der Waals surface area contributed by atoms with Crippen LogP contribution in [0.2, 0.25) is 0 Å². The molecule has 3 heteroatoms. The van der Waals surface area contributed by atoms with Crippen LogP contribution in [0.25, 0.3) is 0 Å². The zero-order valence-corrected chi connectivity index (χ0v) is 14.0. The van der Waals surface area contributed by atoms with Crippen molar-refractivity contribution >= 4 is 11.3 Å². The van der Waals surface area contributed by atoms with Crippen LogP contribution >= 0.6 is 11.3 Å². The molecule has 2 nitrogen and oxygen atoms in total. The van der Waals surface area contributed by atoms with Crippen LogP contribution < -0.4 is 10.1 Å². The second-order valence-electron chi connectivity index (χ2n) is 5.45. The lowest BCUT2D eigenvalue weighted by molar-refractivity contribution is 0.404. The largest absolute Gasteiger partial charge is 0.496 e. The van der Waals surface area contributed by atoms with Crippen LogP contribution in [0.15, 0.2) is 35.7 Å². The molecule has 0 aliphatic carbocycles. The monoisotopic (exact) mass is 303 g/mol. The zero-order chi connectivity index (χ0) is 15.1. The fraction of sp³-hybridized carbons (Fsp3) is 0.444. The van der Waals surface area contributed by atoms with Gasteiger partial charge < -0.3 is 10.1 Å². The molecule has 0 fully saturated rings. The quantitative estimate of drug-likeness (QED) is 0.788. The lowest BCUT2D eigenvalue weighted by atomic mass is 10.00. The molecule has 0 aliphatic heterocycles. The standard InChI is InChI=1S/C18H25NOS/c1-4-9-19-16(13-17-6-5-10-21-17)12-15-11-14(2)7-8-18(15)20-3/h5-8,10-11,16,19H,4,9,12-13H2,1-3H3. The summed E-state index contributed by atoms with van der Waals surface area (Å²) in [6, 6.07) is 11.2. The Hall–Kier alpha value is -1.32. The lowest BCUT2D eigenvalue weighted by Crippen LogP contribution is -2.33. The van der Waals surface area contributed by atoms with Gasteiger partial charge in [-0.1, -0.05) is 30.7 Å². The second kappa shape index (κ2) is 8.20. The minimum Gasteiger partial charge on any atom is -0.496 e. The van der Waals surface area contributed by atoms with Crippen molar-refractivity contribution in [2.75, 3.05) is 13.7 Å². The molecule has 2 rings (SSSR count). The smallest absolute Gasteiger partial charge is 0.122 e. The molecule has 21 heavy (non-hydrogen) atoms. The van der Waals surface area contributed by atoms with E-state index in [0.29, 0.717) is 6.04 Å². The Morgan fingerprint density at radius 3 is 2.76 bits per heavy atom. The summed E-state index contributed by atoms with van der Waals surface area (Å²) in [5.74, 6) is 0.995. The maximum absolute atomic E-state index is 5.52. The summed E-state index contributed by atoms with van der Waals surface area (Å²) in [7, 11) is 1.75. The van der Waals surface area contributed by atoms with Crippen molar-refractivity contribution in [1.29, 1.82) is 0 Å². The van der Waals surface area contributed by atoms with Gasteiger partial charge in [0.2, 0.25) is 0 Å². The van der Waals surface area contributed by atoms with Crippen molar-refractivity contribution < 1.29 is 4.74 Å². The fourth-order valence-electron chi connectivity index (χ4n) is 2.57. The van der Waals surface area contributed by atoms with Crippen LogP contribution in [0.3, 0.4) is 0 Å². The maximum atomic E-state index is 5.52. The van der Waals surface area contributed by atoms with Gasteiger partial charge in [-0.15, -0.1) is 11.3 Å². The van der Waals surface area contributed by atoms with Crippen molar-refractivity contribution in [1.82, 2.24) is 5.32 Å². The predicted molar refractivity (Wildman–Crippen MR) is 91.5 cm³/mol. The Morgan fingerprint density at radius 1 is 1.24 bits per heavy atom. The second-order valence-corrected chi connectivity index (χ2v) is 6.49. The van der Waals surface area contributed by atoms with Crippen LogP contribution in [-0.4, -0.2) is 19.7 Å². The lowest BCUT2D eigenvalue weighted by Gasteiger charge is -2.20. The average molecular weight is 303 g/mol. The number of rotatable bonds is 8. The summed E-state index contributed by atoms with van der Waals surface area (Å²) in [5, 5.41) is 5.83. The summed E-state index contributed by atoms with van der Waals surface area (Å²) >= 11 is 1.84. The van der Waals surface area contributed by atoms with E-state index in [1.54, 1.807) is 7.11 Å². The molecule has 0 saturated heterocycles. The van der Waals surface area contributed by atoms with Gasteiger partial charge in [-0.25, -0.2) is 0 Å². The van der Waals surface area contributed by atoms with Crippen LogP contribution in [0.4, 0.5) is 0 Å². The van der Waals surface area contributed by atoms with Gasteiger partial charge >= 0.3 is 0 Å². The number of hydrogen-bond acceptors (Lipinski definition) is 3. The average Bonchev–Trinajstić information content (AvgIpc) is 2.98. The first-order valence-electron chi connectivity index (χ1n) is 7.62. The van der Waals surface area contributed by atoms with Crippen molar-refractivity contribution in [2.24, 2.45) is 0 Å². The summed E-state index contributed by atoms with van der Waals surface area (Å²) in [6.07, 6.45) is 3.24. The van der Waals surface area contributed by atoms with Crippen molar-refractivity contribution in [3.05, 3.63) is 51.7 Å². The van der Waals surface area contributed by atoms with Gasteiger partial charge in [0.15, 0.2) is 0 Å². The number of thiophene rings is 1. The molecule has 1 aromatic carbocycles. The molecule has 0 amide bonds. The molecule has 2 aromatic rings. The van der Waals surface area contributed by atoms with E-state index in [9.17, 15) is 0 Å². The number of nitrogens with one attached hydrogen (secondary N) is 1. The molecule has 1 aromatic heterocycles. The highest BCUT2D eigenvalue weighted by Gasteiger charge is 2.13. The topological polar surface area (TPSA) is 21.3 Å². The normalized spacial score (nSPS) is 12.3. The third-order valence-corrected chi connectivity index (χ3v) is 4.51. The van der Waals surface area contributed by atoms with Gasteiger partial charge in [-0.3, -0.25) is 0 Å².